The predicted molar refractivity (Wildman–Crippen MR) is 322 cm³/mol. The molecule has 0 unspecified atom stereocenters. The minimum absolute atomic E-state index is 0. The van der Waals surface area contributed by atoms with Gasteiger partial charge in [0.15, 0.2) is 19.0 Å². The van der Waals surface area contributed by atoms with Gasteiger partial charge in [0.05, 0.1) is 43.7 Å². The molecule has 0 spiro atoms. The Morgan fingerprint density at radius 1 is 0.488 bits per heavy atom. The number of nitrogens with zero attached hydrogens (tertiary/aromatic N) is 5. The summed E-state index contributed by atoms with van der Waals surface area (Å²) in [7, 11) is 1.32. The van der Waals surface area contributed by atoms with Gasteiger partial charge < -0.3 is 63.1 Å². The van der Waals surface area contributed by atoms with Crippen LogP contribution in [0.25, 0.3) is 0 Å². The number of aliphatic hydroxyl groups is 2. The molecule has 5 aliphatic rings. The fraction of sp³-hybridized carbons (Fsp3) is 0.439. The number of ether oxygens (including phenoxy) is 6. The van der Waals surface area contributed by atoms with Crippen molar-refractivity contribution in [2.24, 2.45) is 0 Å². The SMILES string of the molecule is C.CC(C)(C)OC(=O)N1CCc2cc(CN3C(=O)COc4ccc(C(=O)CO)cc43)ccc2C1.CC(C)(C)OC(=O)N1CCc2cc(CO)ccc2C1.COC(=O)c1ccc2c(c1)N(Cc1ccc3c(c1)CCN(C(=O)OC(C)(C)C)C3)C(=O)CO2. The highest BCUT2D eigenvalue weighted by Crippen LogP contribution is 2.37. The summed E-state index contributed by atoms with van der Waals surface area (Å²) >= 11 is 0. The molecule has 460 valence electrons. The zero-order chi connectivity index (χ0) is 61.5. The van der Waals surface area contributed by atoms with Crippen molar-refractivity contribution in [1.29, 1.82) is 0 Å². The summed E-state index contributed by atoms with van der Waals surface area (Å²) in [5.74, 6) is -0.204. The summed E-state index contributed by atoms with van der Waals surface area (Å²) in [4.78, 5) is 94.4. The van der Waals surface area contributed by atoms with E-state index >= 15 is 0 Å². The van der Waals surface area contributed by atoms with Crippen LogP contribution in [0.2, 0.25) is 0 Å². The van der Waals surface area contributed by atoms with E-state index in [1.165, 1.54) is 12.7 Å². The number of hydrogen-bond acceptors (Lipinski definition) is 15. The number of amides is 5. The maximum absolute atomic E-state index is 12.7. The van der Waals surface area contributed by atoms with Crippen LogP contribution < -0.4 is 19.3 Å². The lowest BCUT2D eigenvalue weighted by Gasteiger charge is -2.32. The Kier molecular flexibility index (Phi) is 20.6. The highest BCUT2D eigenvalue weighted by molar-refractivity contribution is 6.02. The van der Waals surface area contributed by atoms with Crippen LogP contribution in [0.4, 0.5) is 25.8 Å². The molecule has 0 fully saturated rings. The lowest BCUT2D eigenvalue weighted by Crippen LogP contribution is -2.40. The van der Waals surface area contributed by atoms with Crippen molar-refractivity contribution in [3.05, 3.63) is 152 Å². The molecule has 5 aromatic carbocycles. The Labute approximate surface area is 503 Å². The molecule has 0 bridgehead atoms. The van der Waals surface area contributed by atoms with E-state index in [-0.39, 0.29) is 57.3 Å². The van der Waals surface area contributed by atoms with E-state index in [1.54, 1.807) is 60.9 Å². The molecular weight excluding hydrogens is 1100 g/mol. The quantitative estimate of drug-likeness (QED) is 0.0836. The average molecular weight is 1180 g/mol. The lowest BCUT2D eigenvalue weighted by atomic mass is 9.97. The summed E-state index contributed by atoms with van der Waals surface area (Å²) in [6.45, 7) is 20.1. The number of carbonyl (C=O) groups is 7. The highest BCUT2D eigenvalue weighted by Gasteiger charge is 2.32. The largest absolute Gasteiger partial charge is 0.482 e. The second-order valence-electron chi connectivity index (χ2n) is 24.4. The number of hydrogen-bond donors (Lipinski definition) is 2. The molecule has 0 aliphatic carbocycles. The number of fused-ring (bicyclic) bond motifs is 5. The third-order valence-corrected chi connectivity index (χ3v) is 14.4. The van der Waals surface area contributed by atoms with Gasteiger partial charge in [-0.25, -0.2) is 19.2 Å². The first-order valence-electron chi connectivity index (χ1n) is 28.4. The van der Waals surface area contributed by atoms with E-state index in [9.17, 15) is 38.7 Å². The van der Waals surface area contributed by atoms with Gasteiger partial charge in [0.1, 0.15) is 34.9 Å². The van der Waals surface area contributed by atoms with Crippen LogP contribution >= 0.6 is 0 Å². The molecule has 0 saturated carbocycles. The minimum Gasteiger partial charge on any atom is -0.482 e. The molecule has 0 radical (unpaired) electrons. The fourth-order valence-electron chi connectivity index (χ4n) is 10.2. The highest BCUT2D eigenvalue weighted by atomic mass is 16.6. The molecule has 0 aromatic heterocycles. The van der Waals surface area contributed by atoms with E-state index in [0.717, 1.165) is 50.9 Å². The van der Waals surface area contributed by atoms with Crippen LogP contribution in [0.3, 0.4) is 0 Å². The smallest absolute Gasteiger partial charge is 0.410 e. The number of carbonyl (C=O) groups excluding carboxylic acids is 7. The van der Waals surface area contributed by atoms with Crippen LogP contribution in [0.15, 0.2) is 91.0 Å². The fourth-order valence-corrected chi connectivity index (χ4v) is 10.2. The molecule has 5 aromatic rings. The minimum atomic E-state index is -0.598. The van der Waals surface area contributed by atoms with Gasteiger partial charge in [-0.15, -0.1) is 0 Å². The molecule has 5 amide bonds. The molecule has 0 atom stereocenters. The van der Waals surface area contributed by atoms with Gasteiger partial charge in [-0.1, -0.05) is 62.0 Å². The molecule has 10 rings (SSSR count). The van der Waals surface area contributed by atoms with Gasteiger partial charge in [-0.2, -0.15) is 0 Å². The summed E-state index contributed by atoms with van der Waals surface area (Å²) in [5, 5.41) is 18.3. The maximum Gasteiger partial charge on any atom is 0.410 e. The third-order valence-electron chi connectivity index (χ3n) is 14.4. The van der Waals surface area contributed by atoms with Crippen molar-refractivity contribution in [2.75, 3.05) is 56.4 Å². The molecule has 86 heavy (non-hydrogen) atoms. The van der Waals surface area contributed by atoms with Crippen LogP contribution in [0, 0.1) is 0 Å². The van der Waals surface area contributed by atoms with E-state index in [1.807, 2.05) is 105 Å². The van der Waals surface area contributed by atoms with Gasteiger partial charge in [-0.3, -0.25) is 14.4 Å². The molecule has 20 heteroatoms. The summed E-state index contributed by atoms with van der Waals surface area (Å²) in [6.07, 6.45) is 1.33. The van der Waals surface area contributed by atoms with Crippen LogP contribution in [-0.4, -0.2) is 130 Å². The van der Waals surface area contributed by atoms with Crippen molar-refractivity contribution in [1.82, 2.24) is 14.7 Å². The number of rotatable bonds is 8. The topological polar surface area (TPSA) is 232 Å². The maximum atomic E-state index is 12.7. The van der Waals surface area contributed by atoms with Crippen LogP contribution in [0.5, 0.6) is 11.5 Å². The van der Waals surface area contributed by atoms with Gasteiger partial charge in [0.2, 0.25) is 0 Å². The Hall–Kier alpha value is -8.49. The third kappa shape index (κ3) is 16.7. The molecule has 2 N–H and O–H groups in total. The Bertz CT molecular complexity index is 3180. The van der Waals surface area contributed by atoms with Gasteiger partial charge in [0, 0.05) is 44.8 Å². The van der Waals surface area contributed by atoms with Crippen molar-refractivity contribution >= 4 is 53.2 Å². The first-order valence-corrected chi connectivity index (χ1v) is 28.4. The monoisotopic (exact) mass is 1180 g/mol. The molecule has 20 nitrogen and oxygen atoms in total. The standard InChI is InChI=1S/2C25H28N2O6.C15H21NO3.CH4/c1-25(2,3)33-24(30)26-10-9-17-11-16(5-6-19(17)14-26)13-27-20-12-18(23(29)31-4)7-8-21(20)32-15-22(27)28;1-25(2,3)33-24(31)26-9-8-17-10-16(4-5-19(17)13-26)12-27-20-11-18(21(29)14-28)6-7-22(20)32-15-23(27)30;1-15(2,3)19-14(18)16-7-6-12-8-11(10-17)4-5-13(12)9-16;/h5-8,11-12H,9-10,13-15H2,1-4H3;4-7,10-11,28H,8-9,12-15H2,1-3H3;4-5,8,17H,6-7,9-10H2,1-3H3;1H4. The van der Waals surface area contributed by atoms with Crippen LogP contribution in [0.1, 0.15) is 141 Å². The summed E-state index contributed by atoms with van der Waals surface area (Å²) < 4.78 is 32.2. The first-order chi connectivity index (χ1) is 40.2. The lowest BCUT2D eigenvalue weighted by molar-refractivity contribution is -0.122. The summed E-state index contributed by atoms with van der Waals surface area (Å²) in [5.41, 5.74) is 9.79. The molecule has 5 heterocycles. The van der Waals surface area contributed by atoms with Crippen molar-refractivity contribution in [3.63, 3.8) is 0 Å². The Balaban J connectivity index is 0.000000191. The van der Waals surface area contributed by atoms with Crippen molar-refractivity contribution < 1.29 is 72.2 Å². The number of anilines is 2. The van der Waals surface area contributed by atoms with Crippen LogP contribution in [-0.2, 0) is 87.1 Å². The molecule has 5 aliphatic heterocycles. The molecular formula is C66H81N5O15. The second-order valence-corrected chi connectivity index (χ2v) is 24.4. The van der Waals surface area contributed by atoms with E-state index < -0.39 is 35.2 Å². The normalized spacial score (nSPS) is 15.1. The Morgan fingerprint density at radius 2 is 0.849 bits per heavy atom. The average Bonchev–Trinajstić information content (AvgIpc) is 1.85. The van der Waals surface area contributed by atoms with Gasteiger partial charge in [-0.05, 0) is 168 Å². The number of benzene rings is 5. The van der Waals surface area contributed by atoms with Crippen molar-refractivity contribution in [3.8, 4) is 11.5 Å². The second kappa shape index (κ2) is 27.3. The van der Waals surface area contributed by atoms with E-state index in [4.69, 9.17) is 33.5 Å². The zero-order valence-corrected chi connectivity index (χ0v) is 50.2. The molecule has 0 saturated heterocycles. The number of Topliss-reactive ketones (excluding diaryl/α,β-unsaturated/α-hetero) is 1. The first kappa shape index (κ1) is 65.1. The van der Waals surface area contributed by atoms with E-state index in [0.29, 0.717) is 99.2 Å². The number of ketones is 1. The summed E-state index contributed by atoms with van der Waals surface area (Å²) in [6, 6.07) is 27.7. The zero-order valence-electron chi connectivity index (χ0n) is 50.2. The predicted octanol–water partition coefficient (Wildman–Crippen LogP) is 9.88. The van der Waals surface area contributed by atoms with E-state index in [2.05, 4.69) is 12.1 Å². The number of methoxy groups -OCH3 is 1. The number of esters is 1. The Morgan fingerprint density at radius 3 is 1.21 bits per heavy atom. The van der Waals surface area contributed by atoms with Gasteiger partial charge in [0.25, 0.3) is 11.8 Å². The van der Waals surface area contributed by atoms with Crippen molar-refractivity contribution in [2.45, 2.75) is 145 Å². The van der Waals surface area contributed by atoms with Gasteiger partial charge >= 0.3 is 24.2 Å². The number of aliphatic hydroxyl groups excluding tert-OH is 2.